The van der Waals surface area contributed by atoms with Crippen molar-refractivity contribution in [3.63, 3.8) is 0 Å². The zero-order valence-corrected chi connectivity index (χ0v) is 18.6. The summed E-state index contributed by atoms with van der Waals surface area (Å²) in [5.74, 6) is 0.818. The number of aliphatic hydroxyl groups excluding tert-OH is 1. The minimum absolute atomic E-state index is 0.108. The van der Waals surface area contributed by atoms with Crippen LogP contribution in [0.25, 0.3) is 5.57 Å². The standard InChI is InChI=1S/C26H26N4O3/c1-16-11-19(12-17(2)24(16)31)25(32)18-7-8-27-23(13-18)29-9-10-30-15-20(14-29)21-5-3-4-6-22(21)28-26(30)33/h3-8,11-13,15,26,28,31,33H,9-10,14H2,1-2H3. The molecule has 3 N–H and O–H groups in total. The number of aliphatic hydroxyl groups is 1. The summed E-state index contributed by atoms with van der Waals surface area (Å²) in [4.78, 5) is 21.8. The van der Waals surface area contributed by atoms with Crippen LogP contribution >= 0.6 is 0 Å². The normalized spacial score (nSPS) is 17.4. The van der Waals surface area contributed by atoms with Gasteiger partial charge in [-0.05, 0) is 60.9 Å². The average molecular weight is 443 g/mol. The molecule has 2 aromatic carbocycles. The van der Waals surface area contributed by atoms with Crippen LogP contribution in [0.2, 0.25) is 0 Å². The molecule has 0 radical (unpaired) electrons. The van der Waals surface area contributed by atoms with E-state index in [1.807, 2.05) is 41.4 Å². The highest BCUT2D eigenvalue weighted by Crippen LogP contribution is 2.32. The molecule has 0 saturated carbocycles. The molecule has 1 unspecified atom stereocenters. The van der Waals surface area contributed by atoms with Gasteiger partial charge < -0.3 is 25.3 Å². The molecule has 1 atom stereocenters. The van der Waals surface area contributed by atoms with Crippen LogP contribution in [0.4, 0.5) is 11.5 Å². The van der Waals surface area contributed by atoms with Crippen LogP contribution in [0.1, 0.15) is 32.6 Å². The molecule has 2 aliphatic heterocycles. The van der Waals surface area contributed by atoms with Crippen LogP contribution < -0.4 is 10.2 Å². The largest absolute Gasteiger partial charge is 0.507 e. The van der Waals surface area contributed by atoms with E-state index in [0.29, 0.717) is 47.7 Å². The number of carbonyl (C=O) groups excluding carboxylic acids is 1. The molecule has 0 fully saturated rings. The number of hydrogen-bond acceptors (Lipinski definition) is 7. The molecule has 5 rings (SSSR count). The number of phenols is 1. The molecule has 2 aliphatic rings. The summed E-state index contributed by atoms with van der Waals surface area (Å²) in [6.45, 7) is 5.42. The van der Waals surface area contributed by atoms with Crippen molar-refractivity contribution in [2.75, 3.05) is 29.9 Å². The summed E-state index contributed by atoms with van der Waals surface area (Å²) in [5, 5.41) is 23.8. The lowest BCUT2D eigenvalue weighted by Crippen LogP contribution is -2.40. The van der Waals surface area contributed by atoms with Crippen molar-refractivity contribution in [2.24, 2.45) is 0 Å². The van der Waals surface area contributed by atoms with Gasteiger partial charge in [-0.2, -0.15) is 0 Å². The molecule has 168 valence electrons. The number of aromatic hydroxyl groups is 1. The van der Waals surface area contributed by atoms with Crippen molar-refractivity contribution in [3.8, 4) is 5.75 Å². The Morgan fingerprint density at radius 3 is 2.61 bits per heavy atom. The third kappa shape index (κ3) is 3.91. The number of phenolic OH excluding ortho intramolecular Hbond substituents is 1. The lowest BCUT2D eigenvalue weighted by atomic mass is 9.99. The number of carbonyl (C=O) groups is 1. The van der Waals surface area contributed by atoms with Crippen molar-refractivity contribution >= 4 is 22.9 Å². The summed E-state index contributed by atoms with van der Waals surface area (Å²) in [6, 6.07) is 14.9. The molecule has 0 amide bonds. The first-order chi connectivity index (χ1) is 15.9. The van der Waals surface area contributed by atoms with Gasteiger partial charge in [0.25, 0.3) is 0 Å². The van der Waals surface area contributed by atoms with Crippen molar-refractivity contribution in [2.45, 2.75) is 20.2 Å². The lowest BCUT2D eigenvalue weighted by molar-refractivity contribution is 0.0663. The van der Waals surface area contributed by atoms with E-state index >= 15 is 0 Å². The molecule has 3 heterocycles. The zero-order chi connectivity index (χ0) is 23.1. The summed E-state index contributed by atoms with van der Waals surface area (Å²) < 4.78 is 0. The number of rotatable bonds is 3. The van der Waals surface area contributed by atoms with Crippen LogP contribution in [-0.2, 0) is 0 Å². The SMILES string of the molecule is Cc1cc(C(=O)c2ccnc(N3CCN4C=C(C3)c3ccccc3NC4O)c2)cc(C)c1O. The molecule has 3 aromatic rings. The second kappa shape index (κ2) is 8.26. The van der Waals surface area contributed by atoms with E-state index in [1.165, 1.54) is 0 Å². The topological polar surface area (TPSA) is 88.9 Å². The predicted octanol–water partition coefficient (Wildman–Crippen LogP) is 3.50. The maximum atomic E-state index is 13.2. The summed E-state index contributed by atoms with van der Waals surface area (Å²) in [5.41, 5.74) is 5.43. The van der Waals surface area contributed by atoms with Gasteiger partial charge in [0, 0.05) is 54.4 Å². The van der Waals surface area contributed by atoms with Crippen LogP contribution in [0, 0.1) is 13.8 Å². The van der Waals surface area contributed by atoms with Gasteiger partial charge in [0.1, 0.15) is 11.6 Å². The molecule has 33 heavy (non-hydrogen) atoms. The van der Waals surface area contributed by atoms with E-state index in [1.54, 1.807) is 38.2 Å². The van der Waals surface area contributed by atoms with E-state index < -0.39 is 6.35 Å². The Bertz CT molecular complexity index is 1250. The van der Waals surface area contributed by atoms with Crippen LogP contribution in [0.5, 0.6) is 5.75 Å². The number of pyridine rings is 1. The molecule has 0 saturated heterocycles. The van der Waals surface area contributed by atoms with Gasteiger partial charge in [-0.25, -0.2) is 4.98 Å². The number of benzene rings is 2. The number of nitrogens with one attached hydrogen (secondary N) is 1. The van der Waals surface area contributed by atoms with Crippen molar-refractivity contribution < 1.29 is 15.0 Å². The second-order valence-corrected chi connectivity index (χ2v) is 8.57. The smallest absolute Gasteiger partial charge is 0.205 e. The number of anilines is 2. The van der Waals surface area contributed by atoms with Crippen LogP contribution in [0.3, 0.4) is 0 Å². The number of hydrogen-bond donors (Lipinski definition) is 3. The number of aromatic nitrogens is 1. The number of aryl methyl sites for hydroxylation is 2. The monoisotopic (exact) mass is 442 g/mol. The fourth-order valence-corrected chi connectivity index (χ4v) is 4.47. The van der Waals surface area contributed by atoms with Crippen molar-refractivity contribution in [1.82, 2.24) is 9.88 Å². The molecule has 2 bridgehead atoms. The van der Waals surface area contributed by atoms with Crippen molar-refractivity contribution in [3.05, 3.63) is 88.7 Å². The minimum atomic E-state index is -0.814. The Balaban J connectivity index is 1.46. The first-order valence-corrected chi connectivity index (χ1v) is 11.0. The Morgan fingerprint density at radius 2 is 1.82 bits per heavy atom. The van der Waals surface area contributed by atoms with E-state index in [0.717, 1.165) is 16.8 Å². The number of fused-ring (bicyclic) bond motifs is 3. The number of nitrogens with zero attached hydrogens (tertiary/aromatic N) is 3. The van der Waals surface area contributed by atoms with Gasteiger partial charge in [0.2, 0.25) is 6.35 Å². The molecular formula is C26H26N4O3. The molecule has 7 nitrogen and oxygen atoms in total. The van der Waals surface area contributed by atoms with Gasteiger partial charge in [-0.1, -0.05) is 18.2 Å². The van der Waals surface area contributed by atoms with E-state index in [2.05, 4.69) is 15.2 Å². The van der Waals surface area contributed by atoms with Gasteiger partial charge in [0.05, 0.1) is 0 Å². The fourth-order valence-electron chi connectivity index (χ4n) is 4.47. The highest BCUT2D eigenvalue weighted by Gasteiger charge is 2.26. The predicted molar refractivity (Wildman–Crippen MR) is 128 cm³/mol. The quantitative estimate of drug-likeness (QED) is 0.535. The minimum Gasteiger partial charge on any atom is -0.507 e. The van der Waals surface area contributed by atoms with Gasteiger partial charge in [0.15, 0.2) is 5.78 Å². The Hall–Kier alpha value is -3.84. The molecule has 7 heteroatoms. The number of para-hydroxylation sites is 1. The first kappa shape index (κ1) is 21.0. The Morgan fingerprint density at radius 1 is 1.06 bits per heavy atom. The Labute approximate surface area is 192 Å². The van der Waals surface area contributed by atoms with E-state index in [4.69, 9.17) is 0 Å². The number of ketones is 1. The third-order valence-electron chi connectivity index (χ3n) is 6.27. The van der Waals surface area contributed by atoms with Gasteiger partial charge in [-0.15, -0.1) is 0 Å². The lowest BCUT2D eigenvalue weighted by Gasteiger charge is -2.29. The van der Waals surface area contributed by atoms with Gasteiger partial charge in [-0.3, -0.25) is 4.79 Å². The summed E-state index contributed by atoms with van der Waals surface area (Å²) in [7, 11) is 0. The summed E-state index contributed by atoms with van der Waals surface area (Å²) in [6.07, 6.45) is 2.84. The average Bonchev–Trinajstić information content (AvgIpc) is 3.12. The summed E-state index contributed by atoms with van der Waals surface area (Å²) >= 11 is 0. The van der Waals surface area contributed by atoms with Crippen molar-refractivity contribution in [1.29, 1.82) is 0 Å². The Kier molecular flexibility index (Phi) is 5.26. The molecule has 0 spiro atoms. The first-order valence-electron chi connectivity index (χ1n) is 11.0. The maximum absolute atomic E-state index is 13.2. The molecular weight excluding hydrogens is 416 g/mol. The highest BCUT2D eigenvalue weighted by molar-refractivity contribution is 6.09. The fraction of sp³-hybridized carbons (Fsp3) is 0.231. The van der Waals surface area contributed by atoms with Gasteiger partial charge >= 0.3 is 0 Å². The zero-order valence-electron chi connectivity index (χ0n) is 18.6. The second-order valence-electron chi connectivity index (χ2n) is 8.57. The molecule has 1 aromatic heterocycles. The van der Waals surface area contributed by atoms with Crippen LogP contribution in [-0.4, -0.2) is 51.9 Å². The van der Waals surface area contributed by atoms with E-state index in [-0.39, 0.29) is 11.5 Å². The van der Waals surface area contributed by atoms with E-state index in [9.17, 15) is 15.0 Å². The van der Waals surface area contributed by atoms with Crippen LogP contribution in [0.15, 0.2) is 60.9 Å². The third-order valence-corrected chi connectivity index (χ3v) is 6.27. The highest BCUT2D eigenvalue weighted by atomic mass is 16.3. The molecule has 0 aliphatic carbocycles. The maximum Gasteiger partial charge on any atom is 0.205 e.